The van der Waals surface area contributed by atoms with Crippen LogP contribution in [0.5, 0.6) is 5.75 Å². The summed E-state index contributed by atoms with van der Waals surface area (Å²) in [6.07, 6.45) is 0.810. The molecule has 0 saturated heterocycles. The van der Waals surface area contributed by atoms with Gasteiger partial charge in [0.1, 0.15) is 0 Å². The molecule has 1 rings (SSSR count). The molecule has 112 valence electrons. The summed E-state index contributed by atoms with van der Waals surface area (Å²) in [6.45, 7) is 0.398. The fraction of sp³-hybridized carbons (Fsp3) is 0.429. The Bertz CT molecular complexity index is 477. The van der Waals surface area contributed by atoms with Gasteiger partial charge in [0, 0.05) is 0 Å². The zero-order valence-corrected chi connectivity index (χ0v) is 16.1. The summed E-state index contributed by atoms with van der Waals surface area (Å²) in [7, 11) is 0. The van der Waals surface area contributed by atoms with Gasteiger partial charge in [-0.1, -0.05) is 0 Å². The van der Waals surface area contributed by atoms with Crippen LogP contribution in [0.25, 0.3) is 0 Å². The van der Waals surface area contributed by atoms with Gasteiger partial charge in [0.2, 0.25) is 0 Å². The molecule has 6 nitrogen and oxygen atoms in total. The molecular weight excluding hydrogens is 467 g/mol. The van der Waals surface area contributed by atoms with Crippen molar-refractivity contribution in [2.75, 3.05) is 6.61 Å². The Labute approximate surface area is 139 Å². The predicted molar refractivity (Wildman–Crippen MR) is 77.9 cm³/mol. The van der Waals surface area contributed by atoms with Gasteiger partial charge in [-0.15, -0.1) is 0 Å². The van der Waals surface area contributed by atoms with Gasteiger partial charge in [0.05, 0.1) is 0 Å². The normalized spacial score (nSPS) is 13.3. The molecule has 0 bridgehead atoms. The third-order valence-electron chi connectivity index (χ3n) is 3.05. The average molecular weight is 485 g/mol. The van der Waals surface area contributed by atoms with E-state index in [9.17, 15) is 9.59 Å². The third kappa shape index (κ3) is 6.89. The van der Waals surface area contributed by atoms with Gasteiger partial charge in [-0.3, -0.25) is 4.79 Å². The van der Waals surface area contributed by atoms with E-state index in [-0.39, 0.29) is 6.42 Å². The molecule has 1 aromatic carbocycles. The van der Waals surface area contributed by atoms with Crippen LogP contribution in [-0.2, 0) is 9.59 Å². The minimum Gasteiger partial charge on any atom is -0.480 e. The first-order valence-electron chi connectivity index (χ1n) is 6.59. The van der Waals surface area contributed by atoms with Crippen LogP contribution in [0.3, 0.4) is 0 Å². The molecule has 7 heteroatoms. The van der Waals surface area contributed by atoms with Crippen molar-refractivity contribution in [2.24, 2.45) is 11.7 Å². The van der Waals surface area contributed by atoms with Crippen LogP contribution in [0.4, 0.5) is 0 Å². The van der Waals surface area contributed by atoms with E-state index >= 15 is 0 Å². The second kappa shape index (κ2) is 8.98. The first-order valence-corrected chi connectivity index (χ1v) is 8.84. The average Bonchev–Trinajstić information content (AvgIpc) is 2.43. The number of carbonyl (C=O) groups is 2. The SMILES string of the molecule is NC(C[C@H](CCCOc1cc[c]([Tl])cc1)C(=O)O)C(=O)O. The van der Waals surface area contributed by atoms with Crippen molar-refractivity contribution in [3.63, 3.8) is 0 Å². The molecule has 0 aliphatic carbocycles. The molecule has 0 fully saturated rings. The second-order valence-corrected chi connectivity index (χ2v) is 7.37. The van der Waals surface area contributed by atoms with E-state index in [0.717, 1.165) is 31.5 Å². The van der Waals surface area contributed by atoms with Crippen molar-refractivity contribution >= 4 is 40.8 Å². The van der Waals surface area contributed by atoms with Crippen LogP contribution in [-0.4, -0.2) is 60.6 Å². The summed E-state index contributed by atoms with van der Waals surface area (Å²) in [6, 6.07) is 6.65. The number of nitrogens with two attached hydrogens (primary N) is 1. The number of ether oxygens (including phenoxy) is 1. The molecule has 0 aromatic heterocycles. The number of benzene rings is 1. The molecule has 0 amide bonds. The number of carboxylic acids is 2. The molecule has 0 aliphatic rings. The van der Waals surface area contributed by atoms with E-state index in [0.29, 0.717) is 19.4 Å². The summed E-state index contributed by atoms with van der Waals surface area (Å²) in [5.74, 6) is -2.20. The van der Waals surface area contributed by atoms with E-state index in [1.54, 1.807) is 0 Å². The predicted octanol–water partition coefficient (Wildman–Crippen LogP) is 0.142. The van der Waals surface area contributed by atoms with Crippen molar-refractivity contribution < 1.29 is 24.5 Å². The Kier molecular flexibility index (Phi) is 7.65. The van der Waals surface area contributed by atoms with Gasteiger partial charge >= 0.3 is 129 Å². The second-order valence-electron chi connectivity index (χ2n) is 4.78. The summed E-state index contributed by atoms with van der Waals surface area (Å²) in [4.78, 5) is 21.7. The molecule has 0 aliphatic heterocycles. The molecule has 1 aromatic rings. The fourth-order valence-electron chi connectivity index (χ4n) is 1.83. The van der Waals surface area contributed by atoms with E-state index < -0.39 is 23.9 Å². The van der Waals surface area contributed by atoms with E-state index in [2.05, 4.69) is 0 Å². The van der Waals surface area contributed by atoms with Crippen molar-refractivity contribution in [1.82, 2.24) is 0 Å². The minimum atomic E-state index is -1.18. The van der Waals surface area contributed by atoms with E-state index in [1.165, 1.54) is 3.12 Å². The Hall–Kier alpha value is -1.16. The van der Waals surface area contributed by atoms with E-state index in [1.807, 2.05) is 24.3 Å². The van der Waals surface area contributed by atoms with Crippen molar-refractivity contribution in [3.8, 4) is 5.75 Å². The monoisotopic (exact) mass is 485 g/mol. The summed E-state index contributed by atoms with van der Waals surface area (Å²) in [5.41, 5.74) is 5.37. The van der Waals surface area contributed by atoms with Crippen molar-refractivity contribution in [1.29, 1.82) is 0 Å². The molecule has 2 atom stereocenters. The number of carboxylic acid groups (broad SMARTS) is 2. The van der Waals surface area contributed by atoms with Crippen molar-refractivity contribution in [2.45, 2.75) is 25.3 Å². The van der Waals surface area contributed by atoms with E-state index in [4.69, 9.17) is 20.7 Å². The molecule has 1 unspecified atom stereocenters. The Morgan fingerprint density at radius 3 is 2.33 bits per heavy atom. The van der Waals surface area contributed by atoms with Crippen LogP contribution in [0.1, 0.15) is 19.3 Å². The summed E-state index contributed by atoms with van der Waals surface area (Å²) < 4.78 is 6.82. The Morgan fingerprint density at radius 1 is 1.19 bits per heavy atom. The van der Waals surface area contributed by atoms with Crippen LogP contribution in [0, 0.1) is 5.92 Å². The summed E-state index contributed by atoms with van der Waals surface area (Å²) in [5, 5.41) is 17.8. The maximum absolute atomic E-state index is 11.1. The van der Waals surface area contributed by atoms with Gasteiger partial charge in [-0.25, -0.2) is 0 Å². The molecule has 0 spiro atoms. The zero-order valence-electron chi connectivity index (χ0n) is 11.6. The van der Waals surface area contributed by atoms with Gasteiger partial charge in [0.15, 0.2) is 0 Å². The Balaban J connectivity index is 2.35. The first-order chi connectivity index (χ1) is 9.90. The standard InChI is InChI=1S/C14H18NO5.Tl/c15-12(14(18)19)9-10(13(16)17)5-4-8-20-11-6-2-1-3-7-11;/h2-3,6-7,10,12H,4-5,8-9,15H2,(H,16,17)(H,18,19);/t10-,12?;/m0./s1. The van der Waals surface area contributed by atoms with Gasteiger partial charge in [0.25, 0.3) is 0 Å². The van der Waals surface area contributed by atoms with Gasteiger partial charge in [-0.2, -0.15) is 0 Å². The fourth-order valence-corrected chi connectivity index (χ4v) is 2.58. The molecule has 21 heavy (non-hydrogen) atoms. The van der Waals surface area contributed by atoms with Crippen LogP contribution < -0.4 is 13.6 Å². The maximum atomic E-state index is 11.1. The number of aliphatic carboxylic acids is 2. The first kappa shape index (κ1) is 17.9. The third-order valence-corrected chi connectivity index (χ3v) is 4.55. The molecule has 0 radical (unpaired) electrons. The molecule has 0 saturated carbocycles. The number of hydrogen-bond acceptors (Lipinski definition) is 4. The summed E-state index contributed by atoms with van der Waals surface area (Å²) >= 11 is 0.791. The Morgan fingerprint density at radius 2 is 1.81 bits per heavy atom. The molecule has 4 N–H and O–H groups in total. The zero-order chi connectivity index (χ0) is 15.8. The van der Waals surface area contributed by atoms with Crippen LogP contribution >= 0.6 is 0 Å². The van der Waals surface area contributed by atoms with Gasteiger partial charge in [-0.05, 0) is 0 Å². The number of rotatable bonds is 9. The van der Waals surface area contributed by atoms with Crippen LogP contribution in [0.15, 0.2) is 24.3 Å². The molecular formula is C14H18NO5Tl. The number of hydrogen-bond donors (Lipinski definition) is 3. The van der Waals surface area contributed by atoms with Gasteiger partial charge < -0.3 is 5.11 Å². The minimum absolute atomic E-state index is 0.0687. The molecule has 0 heterocycles. The quantitative estimate of drug-likeness (QED) is 0.340. The topological polar surface area (TPSA) is 110 Å². The van der Waals surface area contributed by atoms with Crippen molar-refractivity contribution in [3.05, 3.63) is 24.3 Å². The smallest absolute Gasteiger partial charge is 0.480 e. The van der Waals surface area contributed by atoms with Crippen LogP contribution in [0.2, 0.25) is 0 Å².